The Balaban J connectivity index is 3.35. The van der Waals surface area contributed by atoms with Gasteiger partial charge in [-0.05, 0) is 0 Å². The zero-order chi connectivity index (χ0) is 13.5. The van der Waals surface area contributed by atoms with Crippen molar-refractivity contribution < 1.29 is 40.6 Å². The predicted molar refractivity (Wildman–Crippen MR) is 61.6 cm³/mol. The van der Waals surface area contributed by atoms with Crippen LogP contribution in [0.15, 0.2) is 23.8 Å². The van der Waals surface area contributed by atoms with Crippen LogP contribution in [0.2, 0.25) is 0 Å². The normalized spacial score (nSPS) is 24.7. The summed E-state index contributed by atoms with van der Waals surface area (Å²) in [5.41, 5.74) is -0.0288. The molecule has 17 heavy (non-hydrogen) atoms. The summed E-state index contributed by atoms with van der Waals surface area (Å²) in [5.74, 6) is -0.739. The van der Waals surface area contributed by atoms with E-state index in [0.29, 0.717) is 0 Å². The van der Waals surface area contributed by atoms with E-state index in [4.69, 9.17) is 25.5 Å². The van der Waals surface area contributed by atoms with Gasteiger partial charge in [0.25, 0.3) is 0 Å². The molecular formula is C7H8Cl3O5PZr. The molecule has 0 bridgehead atoms. The molecule has 0 aromatic heterocycles. The third-order valence-electron chi connectivity index (χ3n) is 2.25. The molecule has 0 aromatic rings. The summed E-state index contributed by atoms with van der Waals surface area (Å²) >= 11 is -4.61. The maximum atomic E-state index is 11.5. The quantitative estimate of drug-likeness (QED) is 0.560. The molecule has 0 aliphatic heterocycles. The van der Waals surface area contributed by atoms with Gasteiger partial charge in [-0.1, -0.05) is 0 Å². The van der Waals surface area contributed by atoms with Gasteiger partial charge < -0.3 is 0 Å². The fourth-order valence-electron chi connectivity index (χ4n) is 1.32. The Bertz CT molecular complexity index is 451. The third-order valence-corrected chi connectivity index (χ3v) is 18.5. The minimum absolute atomic E-state index is 0.0288. The number of esters is 1. The zero-order valence-corrected chi connectivity index (χ0v) is 14.1. The van der Waals surface area contributed by atoms with Gasteiger partial charge in [-0.25, -0.2) is 0 Å². The molecule has 0 saturated heterocycles. The summed E-state index contributed by atoms with van der Waals surface area (Å²) in [6.07, 6.45) is 3.29. The molecule has 1 aliphatic carbocycles. The van der Waals surface area contributed by atoms with E-state index in [2.05, 4.69) is 4.74 Å². The second-order valence-electron chi connectivity index (χ2n) is 3.29. The average Bonchev–Trinajstić information content (AvgIpc) is 2.60. The Kier molecular flexibility index (Phi) is 4.76. The van der Waals surface area contributed by atoms with E-state index in [-0.39, 0.29) is 5.57 Å². The topological polar surface area (TPSA) is 83.8 Å². The summed E-state index contributed by atoms with van der Waals surface area (Å²) < 4.78 is 14.0. The summed E-state index contributed by atoms with van der Waals surface area (Å²) in [4.78, 5) is 29.9. The standard InChI is InChI=1S/C7H8O5P.3ClH.Zr/c1-12-7(8)5-2-3-6(4-5)13(9,10)11;;;;/h2-4H,1H3,(H2,9,10,11);3*1H;/q;;;;+3/p-3. The number of hydrogen-bond acceptors (Lipinski definition) is 3. The van der Waals surface area contributed by atoms with Gasteiger partial charge in [0.15, 0.2) is 0 Å². The number of ether oxygens (including phenoxy) is 1. The molecule has 0 amide bonds. The van der Waals surface area contributed by atoms with E-state index in [9.17, 15) is 19.1 Å². The van der Waals surface area contributed by atoms with Crippen LogP contribution in [-0.2, 0) is 30.8 Å². The molecule has 1 rings (SSSR count). The van der Waals surface area contributed by atoms with Crippen molar-refractivity contribution in [1.82, 2.24) is 0 Å². The van der Waals surface area contributed by atoms with E-state index < -0.39 is 33.1 Å². The summed E-state index contributed by atoms with van der Waals surface area (Å²) in [5, 5.41) is 0. The monoisotopic (exact) mass is 398 g/mol. The molecule has 1 aliphatic rings. The van der Waals surface area contributed by atoms with Crippen molar-refractivity contribution in [2.75, 3.05) is 7.11 Å². The van der Waals surface area contributed by atoms with E-state index >= 15 is 0 Å². The molecule has 96 valence electrons. The Hall–Kier alpha value is 0.853. The Morgan fingerprint density at radius 2 is 2.00 bits per heavy atom. The molecule has 1 unspecified atom stereocenters. The molecule has 0 spiro atoms. The van der Waals surface area contributed by atoms with Gasteiger partial charge in [-0.3, -0.25) is 0 Å². The number of methoxy groups -OCH3 is 1. The van der Waals surface area contributed by atoms with Crippen LogP contribution in [0.3, 0.4) is 0 Å². The van der Waals surface area contributed by atoms with Crippen molar-refractivity contribution in [2.24, 2.45) is 0 Å². The second-order valence-corrected chi connectivity index (χ2v) is 24.1. The van der Waals surface area contributed by atoms with Crippen LogP contribution in [0.4, 0.5) is 0 Å². The van der Waals surface area contributed by atoms with Crippen molar-refractivity contribution in [1.29, 1.82) is 0 Å². The van der Waals surface area contributed by atoms with Crippen LogP contribution < -0.4 is 0 Å². The first kappa shape index (κ1) is 15.9. The SMILES string of the molecule is COC(=O)C1=C[C](P(=O)(O)O)([Zr]([Cl])([Cl])[Cl])C=C1. The maximum absolute atomic E-state index is 11.5. The molecule has 0 heterocycles. The molecule has 5 nitrogen and oxygen atoms in total. The van der Waals surface area contributed by atoms with Crippen LogP contribution in [-0.4, -0.2) is 25.7 Å². The van der Waals surface area contributed by atoms with Crippen molar-refractivity contribution in [3.8, 4) is 0 Å². The first-order chi connectivity index (χ1) is 7.55. The van der Waals surface area contributed by atoms with E-state index in [1.807, 2.05) is 0 Å². The van der Waals surface area contributed by atoms with Gasteiger partial charge in [-0.15, -0.1) is 0 Å². The van der Waals surface area contributed by atoms with Gasteiger partial charge >= 0.3 is 113 Å². The van der Waals surface area contributed by atoms with Gasteiger partial charge in [0, 0.05) is 0 Å². The number of carbonyl (C=O) groups is 1. The number of halogens is 3. The van der Waals surface area contributed by atoms with Crippen LogP contribution >= 0.6 is 33.1 Å². The number of rotatable bonds is 3. The van der Waals surface area contributed by atoms with E-state index in [1.54, 1.807) is 0 Å². The predicted octanol–water partition coefficient (Wildman–Crippen LogP) is 2.14. The van der Waals surface area contributed by atoms with Crippen LogP contribution in [0.1, 0.15) is 0 Å². The fourth-order valence-corrected chi connectivity index (χ4v) is 14.1. The van der Waals surface area contributed by atoms with Gasteiger partial charge in [-0.2, -0.15) is 0 Å². The van der Waals surface area contributed by atoms with Gasteiger partial charge in [0.1, 0.15) is 0 Å². The van der Waals surface area contributed by atoms with Crippen LogP contribution in [0.5, 0.6) is 0 Å². The summed E-state index contributed by atoms with van der Waals surface area (Å²) in [7, 11) is 13.8. The van der Waals surface area contributed by atoms with Crippen molar-refractivity contribution in [3.05, 3.63) is 23.8 Å². The first-order valence-corrected chi connectivity index (χ1v) is 16.5. The van der Waals surface area contributed by atoms with Crippen molar-refractivity contribution >= 4 is 39.1 Å². The Morgan fingerprint density at radius 3 is 2.29 bits per heavy atom. The molecule has 2 N–H and O–H groups in total. The first-order valence-electron chi connectivity index (χ1n) is 4.18. The van der Waals surface area contributed by atoms with Gasteiger partial charge in [0.2, 0.25) is 0 Å². The number of carbonyl (C=O) groups excluding carboxylic acids is 1. The van der Waals surface area contributed by atoms with Crippen LogP contribution in [0.25, 0.3) is 0 Å². The second kappa shape index (κ2) is 5.09. The summed E-state index contributed by atoms with van der Waals surface area (Å²) in [6.45, 7) is 0. The van der Waals surface area contributed by atoms with Crippen molar-refractivity contribution in [3.63, 3.8) is 0 Å². The molecule has 10 heteroatoms. The Morgan fingerprint density at radius 1 is 1.47 bits per heavy atom. The van der Waals surface area contributed by atoms with Crippen LogP contribution in [0, 0.1) is 0 Å². The average molecular weight is 401 g/mol. The molecular weight excluding hydrogens is 393 g/mol. The number of allylic oxidation sites excluding steroid dienone is 2. The third kappa shape index (κ3) is 2.89. The molecule has 1 atom stereocenters. The fraction of sp³-hybridized carbons (Fsp3) is 0.286. The molecule has 0 fully saturated rings. The molecule has 0 aromatic carbocycles. The minimum atomic E-state index is -4.73. The zero-order valence-electron chi connectivity index (χ0n) is 8.43. The van der Waals surface area contributed by atoms with E-state index in [1.165, 1.54) is 6.08 Å². The number of hydrogen-bond donors (Lipinski definition) is 2. The molecule has 0 saturated carbocycles. The molecule has 0 radical (unpaired) electrons. The van der Waals surface area contributed by atoms with E-state index in [0.717, 1.165) is 19.3 Å². The van der Waals surface area contributed by atoms with Gasteiger partial charge in [0.05, 0.1) is 0 Å². The summed E-state index contributed by atoms with van der Waals surface area (Å²) in [6, 6.07) is 0. The Labute approximate surface area is 113 Å². The van der Waals surface area contributed by atoms with Crippen molar-refractivity contribution in [2.45, 2.75) is 2.86 Å².